The standard InChI is InChI=1S/C16H17NO4/c18-8-9-2-1-3-12(6-9)17-15(19)13-10-4-5-11(7-10)14(13)16(20)21/h1-6,10-11,13-14,18H,7-8H2,(H,17,19)(H,20,21). The molecule has 2 aliphatic rings. The fourth-order valence-corrected chi connectivity index (χ4v) is 3.49. The Hall–Kier alpha value is -2.14. The molecule has 4 atom stereocenters. The van der Waals surface area contributed by atoms with Crippen molar-refractivity contribution in [3.8, 4) is 0 Å². The number of hydrogen-bond acceptors (Lipinski definition) is 3. The van der Waals surface area contributed by atoms with Gasteiger partial charge in [0.15, 0.2) is 0 Å². The van der Waals surface area contributed by atoms with Crippen molar-refractivity contribution in [3.63, 3.8) is 0 Å². The third-order valence-corrected chi connectivity index (χ3v) is 4.42. The van der Waals surface area contributed by atoms with Crippen LogP contribution in [-0.2, 0) is 16.2 Å². The van der Waals surface area contributed by atoms with Crippen LogP contribution in [0.25, 0.3) is 0 Å². The first-order valence-electron chi connectivity index (χ1n) is 7.02. The van der Waals surface area contributed by atoms with Gasteiger partial charge in [-0.25, -0.2) is 0 Å². The number of carbonyl (C=O) groups is 2. The second kappa shape index (κ2) is 5.33. The molecule has 21 heavy (non-hydrogen) atoms. The van der Waals surface area contributed by atoms with Crippen LogP contribution in [0.15, 0.2) is 36.4 Å². The summed E-state index contributed by atoms with van der Waals surface area (Å²) in [6, 6.07) is 6.93. The molecule has 3 N–H and O–H groups in total. The lowest BCUT2D eigenvalue weighted by molar-refractivity contribution is -0.146. The number of aliphatic carboxylic acids is 1. The van der Waals surface area contributed by atoms with Crippen LogP contribution in [-0.4, -0.2) is 22.1 Å². The first-order valence-corrected chi connectivity index (χ1v) is 7.02. The highest BCUT2D eigenvalue weighted by atomic mass is 16.4. The van der Waals surface area contributed by atoms with Crippen molar-refractivity contribution in [1.29, 1.82) is 0 Å². The quantitative estimate of drug-likeness (QED) is 0.735. The molecule has 0 radical (unpaired) electrons. The zero-order valence-corrected chi connectivity index (χ0v) is 11.4. The van der Waals surface area contributed by atoms with Gasteiger partial charge in [0.25, 0.3) is 0 Å². The van der Waals surface area contributed by atoms with Crippen LogP contribution in [0.3, 0.4) is 0 Å². The summed E-state index contributed by atoms with van der Waals surface area (Å²) in [5.74, 6) is -2.34. The molecular formula is C16H17NO4. The Balaban J connectivity index is 1.78. The van der Waals surface area contributed by atoms with Crippen molar-refractivity contribution in [2.75, 3.05) is 5.32 Å². The number of aliphatic hydroxyl groups excluding tert-OH is 1. The number of carboxylic acids is 1. The summed E-state index contributed by atoms with van der Waals surface area (Å²) >= 11 is 0. The van der Waals surface area contributed by atoms with E-state index in [9.17, 15) is 14.7 Å². The van der Waals surface area contributed by atoms with Gasteiger partial charge in [-0.05, 0) is 36.0 Å². The summed E-state index contributed by atoms with van der Waals surface area (Å²) in [5, 5.41) is 21.2. The number of nitrogens with one attached hydrogen (secondary N) is 1. The Morgan fingerprint density at radius 2 is 1.90 bits per heavy atom. The number of aliphatic hydroxyl groups is 1. The van der Waals surface area contributed by atoms with Crippen LogP contribution in [0.5, 0.6) is 0 Å². The van der Waals surface area contributed by atoms with E-state index in [4.69, 9.17) is 5.11 Å². The lowest BCUT2D eigenvalue weighted by atomic mass is 9.82. The maximum absolute atomic E-state index is 12.4. The summed E-state index contributed by atoms with van der Waals surface area (Å²) in [4.78, 5) is 23.9. The number of fused-ring (bicyclic) bond motifs is 2. The molecule has 0 saturated heterocycles. The monoisotopic (exact) mass is 287 g/mol. The van der Waals surface area contributed by atoms with Crippen molar-refractivity contribution < 1.29 is 19.8 Å². The summed E-state index contributed by atoms with van der Waals surface area (Å²) < 4.78 is 0. The topological polar surface area (TPSA) is 86.6 Å². The Morgan fingerprint density at radius 3 is 2.57 bits per heavy atom. The molecule has 2 bridgehead atoms. The van der Waals surface area contributed by atoms with Crippen LogP contribution in [0.4, 0.5) is 5.69 Å². The molecule has 1 aromatic rings. The van der Waals surface area contributed by atoms with Crippen molar-refractivity contribution in [2.24, 2.45) is 23.7 Å². The van der Waals surface area contributed by atoms with E-state index in [2.05, 4.69) is 5.32 Å². The summed E-state index contributed by atoms with van der Waals surface area (Å²) in [6.45, 7) is -0.0989. The molecule has 0 heterocycles. The maximum atomic E-state index is 12.4. The van der Waals surface area contributed by atoms with Crippen LogP contribution < -0.4 is 5.32 Å². The minimum atomic E-state index is -0.906. The highest BCUT2D eigenvalue weighted by Crippen LogP contribution is 2.48. The minimum absolute atomic E-state index is 0.0112. The van der Waals surface area contributed by atoms with Gasteiger partial charge in [-0.2, -0.15) is 0 Å². The average molecular weight is 287 g/mol. The molecule has 0 aromatic heterocycles. The number of allylic oxidation sites excluding steroid dienone is 2. The third-order valence-electron chi connectivity index (χ3n) is 4.42. The van der Waals surface area contributed by atoms with E-state index < -0.39 is 17.8 Å². The van der Waals surface area contributed by atoms with Gasteiger partial charge in [0, 0.05) is 5.69 Å². The van der Waals surface area contributed by atoms with E-state index >= 15 is 0 Å². The predicted molar refractivity (Wildman–Crippen MR) is 76.3 cm³/mol. The number of amides is 1. The van der Waals surface area contributed by atoms with Gasteiger partial charge < -0.3 is 15.5 Å². The second-order valence-corrected chi connectivity index (χ2v) is 5.69. The summed E-state index contributed by atoms with van der Waals surface area (Å²) in [5.41, 5.74) is 1.29. The van der Waals surface area contributed by atoms with Crippen LogP contribution in [0.2, 0.25) is 0 Å². The maximum Gasteiger partial charge on any atom is 0.307 e. The number of benzene rings is 1. The smallest absolute Gasteiger partial charge is 0.307 e. The highest BCUT2D eigenvalue weighted by Gasteiger charge is 2.51. The van der Waals surface area contributed by atoms with E-state index in [0.29, 0.717) is 11.3 Å². The zero-order chi connectivity index (χ0) is 15.0. The summed E-state index contributed by atoms with van der Waals surface area (Å²) in [6.07, 6.45) is 4.61. The number of carboxylic acid groups (broad SMARTS) is 1. The molecule has 1 saturated carbocycles. The fraction of sp³-hybridized carbons (Fsp3) is 0.375. The average Bonchev–Trinajstić information content (AvgIpc) is 3.07. The molecule has 0 aliphatic heterocycles. The fourth-order valence-electron chi connectivity index (χ4n) is 3.49. The number of hydrogen-bond donors (Lipinski definition) is 3. The van der Waals surface area contributed by atoms with Crippen molar-refractivity contribution in [1.82, 2.24) is 0 Å². The van der Waals surface area contributed by atoms with Gasteiger partial charge in [0.2, 0.25) is 5.91 Å². The first-order chi connectivity index (χ1) is 10.1. The molecule has 3 rings (SSSR count). The van der Waals surface area contributed by atoms with Gasteiger partial charge in [-0.1, -0.05) is 24.3 Å². The lowest BCUT2D eigenvalue weighted by Gasteiger charge is -2.23. The van der Waals surface area contributed by atoms with Gasteiger partial charge in [0.1, 0.15) is 0 Å². The predicted octanol–water partition coefficient (Wildman–Crippen LogP) is 1.64. The van der Waals surface area contributed by atoms with Crippen LogP contribution >= 0.6 is 0 Å². The SMILES string of the molecule is O=C(O)C1C2C=CC(C2)C1C(=O)Nc1cccc(CO)c1. The zero-order valence-electron chi connectivity index (χ0n) is 11.4. The van der Waals surface area contributed by atoms with Crippen molar-refractivity contribution >= 4 is 17.6 Å². The minimum Gasteiger partial charge on any atom is -0.481 e. The van der Waals surface area contributed by atoms with Crippen LogP contribution in [0.1, 0.15) is 12.0 Å². The molecule has 110 valence electrons. The first kappa shape index (κ1) is 13.8. The van der Waals surface area contributed by atoms with E-state index in [1.807, 2.05) is 12.2 Å². The normalized spacial score (nSPS) is 29.6. The van der Waals surface area contributed by atoms with Gasteiger partial charge >= 0.3 is 5.97 Å². The van der Waals surface area contributed by atoms with Gasteiger partial charge in [-0.15, -0.1) is 0 Å². The Kier molecular flexibility index (Phi) is 3.51. The largest absolute Gasteiger partial charge is 0.481 e. The molecule has 4 unspecified atom stereocenters. The molecule has 1 fully saturated rings. The second-order valence-electron chi connectivity index (χ2n) is 5.69. The number of anilines is 1. The third kappa shape index (κ3) is 2.45. The Labute approximate surface area is 122 Å². The molecular weight excluding hydrogens is 270 g/mol. The van der Waals surface area contributed by atoms with E-state index in [1.165, 1.54) is 0 Å². The number of carbonyl (C=O) groups excluding carboxylic acids is 1. The van der Waals surface area contributed by atoms with Crippen molar-refractivity contribution in [3.05, 3.63) is 42.0 Å². The van der Waals surface area contributed by atoms with Crippen molar-refractivity contribution in [2.45, 2.75) is 13.0 Å². The number of rotatable bonds is 4. The molecule has 2 aliphatic carbocycles. The van der Waals surface area contributed by atoms with E-state index in [0.717, 1.165) is 6.42 Å². The molecule has 0 spiro atoms. The van der Waals surface area contributed by atoms with E-state index in [1.54, 1.807) is 24.3 Å². The van der Waals surface area contributed by atoms with Crippen LogP contribution in [0, 0.1) is 23.7 Å². The van der Waals surface area contributed by atoms with E-state index in [-0.39, 0.29) is 24.3 Å². The molecule has 5 heteroatoms. The van der Waals surface area contributed by atoms with Gasteiger partial charge in [-0.3, -0.25) is 9.59 Å². The molecule has 1 aromatic carbocycles. The van der Waals surface area contributed by atoms with Gasteiger partial charge in [0.05, 0.1) is 18.4 Å². The molecule has 1 amide bonds. The summed E-state index contributed by atoms with van der Waals surface area (Å²) in [7, 11) is 0. The Morgan fingerprint density at radius 1 is 1.19 bits per heavy atom. The molecule has 5 nitrogen and oxygen atoms in total. The Bertz CT molecular complexity index is 610. The lowest BCUT2D eigenvalue weighted by Crippen LogP contribution is -2.36. The highest BCUT2D eigenvalue weighted by molar-refractivity contribution is 5.96.